The molecule has 12 nitrogen and oxygen atoms in total. The maximum atomic E-state index is 13.0. The molecule has 5 N–H and O–H groups in total. The van der Waals surface area contributed by atoms with E-state index in [1.807, 2.05) is 19.1 Å². The molecule has 38 heavy (non-hydrogen) atoms. The third-order valence-electron chi connectivity index (χ3n) is 6.23. The van der Waals surface area contributed by atoms with Gasteiger partial charge < -0.3 is 30.0 Å². The normalized spacial score (nSPS) is 13.9. The SMILES string of the molecule is Cc1ccc(Br)cc1NC(=O)c1nc[nH]c1C(=O)Nc1nc2ccc(OC3CCN(C(=O)O)CC3)cc2[nH]1. The molecule has 0 aliphatic carbocycles. The van der Waals surface area contributed by atoms with Crippen LogP contribution < -0.4 is 15.4 Å². The third-order valence-corrected chi connectivity index (χ3v) is 6.72. The molecule has 196 valence electrons. The number of aromatic nitrogens is 4. The second-order valence-electron chi connectivity index (χ2n) is 8.84. The number of amides is 3. The molecule has 1 aliphatic rings. The molecule has 1 aliphatic heterocycles. The van der Waals surface area contributed by atoms with Crippen molar-refractivity contribution in [2.45, 2.75) is 25.9 Å². The van der Waals surface area contributed by atoms with Crippen LogP contribution >= 0.6 is 15.9 Å². The number of aryl methyl sites for hydroxylation is 1. The monoisotopic (exact) mass is 581 g/mol. The van der Waals surface area contributed by atoms with Crippen molar-refractivity contribution in [1.29, 1.82) is 0 Å². The quantitative estimate of drug-likeness (QED) is 0.225. The van der Waals surface area contributed by atoms with Gasteiger partial charge in [0, 0.05) is 42.2 Å². The Morgan fingerprint density at radius 1 is 1.11 bits per heavy atom. The number of anilines is 2. The van der Waals surface area contributed by atoms with Crippen LogP contribution in [0.25, 0.3) is 11.0 Å². The van der Waals surface area contributed by atoms with Crippen LogP contribution in [0.15, 0.2) is 47.2 Å². The summed E-state index contributed by atoms with van der Waals surface area (Å²) in [4.78, 5) is 52.5. The number of nitrogens with one attached hydrogen (secondary N) is 4. The Hall–Kier alpha value is -4.39. The second-order valence-corrected chi connectivity index (χ2v) is 9.76. The van der Waals surface area contributed by atoms with Gasteiger partial charge in [-0.05, 0) is 36.8 Å². The number of carboxylic acid groups (broad SMARTS) is 1. The van der Waals surface area contributed by atoms with Crippen LogP contribution in [0.5, 0.6) is 5.75 Å². The van der Waals surface area contributed by atoms with Crippen molar-refractivity contribution in [3.63, 3.8) is 0 Å². The summed E-state index contributed by atoms with van der Waals surface area (Å²) in [6, 6.07) is 10.8. The number of piperidine rings is 1. The number of nitrogens with zero attached hydrogens (tertiary/aromatic N) is 3. The Morgan fingerprint density at radius 3 is 2.66 bits per heavy atom. The van der Waals surface area contributed by atoms with Gasteiger partial charge in [-0.25, -0.2) is 14.8 Å². The van der Waals surface area contributed by atoms with Gasteiger partial charge in [0.25, 0.3) is 11.8 Å². The Kier molecular flexibility index (Phi) is 7.01. The van der Waals surface area contributed by atoms with Crippen LogP contribution in [-0.2, 0) is 0 Å². The molecule has 5 rings (SSSR count). The van der Waals surface area contributed by atoms with Gasteiger partial charge in [-0.15, -0.1) is 0 Å². The van der Waals surface area contributed by atoms with Crippen LogP contribution in [0.4, 0.5) is 16.4 Å². The van der Waals surface area contributed by atoms with Crippen molar-refractivity contribution >= 4 is 56.5 Å². The Bertz CT molecular complexity index is 1520. The first kappa shape index (κ1) is 25.3. The molecular formula is C25H24BrN7O5. The summed E-state index contributed by atoms with van der Waals surface area (Å²) in [5.41, 5.74) is 2.66. The molecule has 0 saturated carbocycles. The van der Waals surface area contributed by atoms with E-state index in [2.05, 4.69) is 46.5 Å². The van der Waals surface area contributed by atoms with E-state index >= 15 is 0 Å². The van der Waals surface area contributed by atoms with Gasteiger partial charge in [0.1, 0.15) is 17.5 Å². The number of ether oxygens (including phenoxy) is 1. The summed E-state index contributed by atoms with van der Waals surface area (Å²) in [6.07, 6.45) is 1.49. The van der Waals surface area contributed by atoms with Crippen LogP contribution in [-0.4, -0.2) is 67.0 Å². The van der Waals surface area contributed by atoms with Gasteiger partial charge in [0.05, 0.1) is 17.4 Å². The van der Waals surface area contributed by atoms with Gasteiger partial charge in [-0.1, -0.05) is 22.0 Å². The van der Waals surface area contributed by atoms with Crippen LogP contribution in [0, 0.1) is 6.92 Å². The maximum Gasteiger partial charge on any atom is 0.407 e. The molecular weight excluding hydrogens is 558 g/mol. The first-order valence-electron chi connectivity index (χ1n) is 11.8. The number of likely N-dealkylation sites (tertiary alicyclic amines) is 1. The molecule has 3 amide bonds. The van der Waals surface area contributed by atoms with E-state index in [0.29, 0.717) is 48.4 Å². The fourth-order valence-corrected chi connectivity index (χ4v) is 4.56. The Morgan fingerprint density at radius 2 is 1.89 bits per heavy atom. The van der Waals surface area contributed by atoms with E-state index in [1.165, 1.54) is 11.2 Å². The third kappa shape index (κ3) is 5.47. The molecule has 0 unspecified atom stereocenters. The minimum Gasteiger partial charge on any atom is -0.490 e. The van der Waals surface area contributed by atoms with Gasteiger partial charge in [-0.3, -0.25) is 14.9 Å². The van der Waals surface area contributed by atoms with Crippen molar-refractivity contribution in [1.82, 2.24) is 24.8 Å². The molecule has 1 saturated heterocycles. The van der Waals surface area contributed by atoms with Gasteiger partial charge in [0.2, 0.25) is 5.95 Å². The molecule has 0 radical (unpaired) electrons. The van der Waals surface area contributed by atoms with Crippen LogP contribution in [0.3, 0.4) is 0 Å². The Labute approximate surface area is 224 Å². The lowest BCUT2D eigenvalue weighted by Gasteiger charge is -2.30. The fraction of sp³-hybridized carbons (Fsp3) is 0.240. The lowest BCUT2D eigenvalue weighted by molar-refractivity contribution is 0.0894. The first-order chi connectivity index (χ1) is 18.3. The molecule has 3 heterocycles. The number of carbonyl (C=O) groups excluding carboxylic acids is 2. The van der Waals surface area contributed by atoms with Crippen LogP contribution in [0.1, 0.15) is 39.4 Å². The summed E-state index contributed by atoms with van der Waals surface area (Å²) in [5, 5.41) is 14.5. The molecule has 0 atom stereocenters. The zero-order chi connectivity index (χ0) is 26.8. The lowest BCUT2D eigenvalue weighted by atomic mass is 10.1. The number of rotatable bonds is 6. The number of hydrogen-bond acceptors (Lipinski definition) is 6. The first-order valence-corrected chi connectivity index (χ1v) is 12.6. The van der Waals surface area contributed by atoms with E-state index in [4.69, 9.17) is 9.84 Å². The predicted octanol–water partition coefficient (Wildman–Crippen LogP) is 4.38. The summed E-state index contributed by atoms with van der Waals surface area (Å²) in [7, 11) is 0. The topological polar surface area (TPSA) is 165 Å². The minimum absolute atomic E-state index is 0.00710. The molecule has 4 aromatic rings. The van der Waals surface area contributed by atoms with E-state index in [0.717, 1.165) is 10.0 Å². The number of carbonyl (C=O) groups is 3. The lowest BCUT2D eigenvalue weighted by Crippen LogP contribution is -2.41. The van der Waals surface area contributed by atoms with Crippen molar-refractivity contribution in [3.8, 4) is 5.75 Å². The summed E-state index contributed by atoms with van der Waals surface area (Å²) >= 11 is 3.38. The van der Waals surface area contributed by atoms with Gasteiger partial charge >= 0.3 is 6.09 Å². The highest BCUT2D eigenvalue weighted by molar-refractivity contribution is 9.10. The van der Waals surface area contributed by atoms with Gasteiger partial charge in [-0.2, -0.15) is 0 Å². The molecule has 13 heteroatoms. The number of aromatic amines is 2. The molecule has 1 fully saturated rings. The standard InChI is InChI=1S/C25H24BrN7O5/c1-13-2-3-14(26)10-18(13)29-22(34)20-21(28-12-27-20)23(35)32-24-30-17-5-4-16(11-19(17)31-24)38-15-6-8-33(9-7-15)25(36)37/h2-5,10-12,15H,6-9H2,1H3,(H,27,28)(H,29,34)(H,36,37)(H2,30,31,32,35). The van der Waals surface area contributed by atoms with Crippen molar-refractivity contribution in [2.75, 3.05) is 23.7 Å². The number of halogens is 1. The highest BCUT2D eigenvalue weighted by Gasteiger charge is 2.24. The summed E-state index contributed by atoms with van der Waals surface area (Å²) in [6.45, 7) is 2.72. The number of imidazole rings is 2. The second kappa shape index (κ2) is 10.5. The summed E-state index contributed by atoms with van der Waals surface area (Å²) in [5.74, 6) is -0.304. The maximum absolute atomic E-state index is 13.0. The van der Waals surface area contributed by atoms with Gasteiger partial charge in [0.15, 0.2) is 5.69 Å². The van der Waals surface area contributed by atoms with Crippen molar-refractivity contribution < 1.29 is 24.2 Å². The number of hydrogen-bond donors (Lipinski definition) is 5. The van der Waals surface area contributed by atoms with Crippen LogP contribution in [0.2, 0.25) is 0 Å². The predicted molar refractivity (Wildman–Crippen MR) is 143 cm³/mol. The highest BCUT2D eigenvalue weighted by Crippen LogP contribution is 2.25. The van der Waals surface area contributed by atoms with E-state index in [1.54, 1.807) is 24.3 Å². The summed E-state index contributed by atoms with van der Waals surface area (Å²) < 4.78 is 6.84. The largest absolute Gasteiger partial charge is 0.490 e. The number of fused-ring (bicyclic) bond motifs is 1. The fourth-order valence-electron chi connectivity index (χ4n) is 4.20. The molecule has 0 bridgehead atoms. The van der Waals surface area contributed by atoms with Crippen molar-refractivity contribution in [2.24, 2.45) is 0 Å². The van der Waals surface area contributed by atoms with Crippen molar-refractivity contribution in [3.05, 3.63) is 64.1 Å². The minimum atomic E-state index is -0.917. The smallest absolute Gasteiger partial charge is 0.407 e. The molecule has 2 aromatic heterocycles. The van der Waals surface area contributed by atoms with E-state index in [-0.39, 0.29) is 23.4 Å². The number of H-pyrrole nitrogens is 2. The highest BCUT2D eigenvalue weighted by atomic mass is 79.9. The molecule has 2 aromatic carbocycles. The zero-order valence-corrected chi connectivity index (χ0v) is 21.8. The van der Waals surface area contributed by atoms with E-state index in [9.17, 15) is 14.4 Å². The average molecular weight is 582 g/mol. The molecule has 0 spiro atoms. The number of benzene rings is 2. The van der Waals surface area contributed by atoms with E-state index < -0.39 is 17.9 Å². The zero-order valence-electron chi connectivity index (χ0n) is 20.2. The Balaban J connectivity index is 1.25. The average Bonchev–Trinajstić information content (AvgIpc) is 3.53.